The van der Waals surface area contributed by atoms with Crippen molar-refractivity contribution in [3.05, 3.63) is 29.8 Å². The second-order valence-corrected chi connectivity index (χ2v) is 8.68. The van der Waals surface area contributed by atoms with Gasteiger partial charge in [0.25, 0.3) is 5.91 Å². The predicted octanol–water partition coefficient (Wildman–Crippen LogP) is 3.56. The number of carbonyl (C=O) groups is 1. The van der Waals surface area contributed by atoms with Gasteiger partial charge >= 0.3 is 0 Å². The summed E-state index contributed by atoms with van der Waals surface area (Å²) in [5.41, 5.74) is 0.416. The molecule has 0 aromatic heterocycles. The fraction of sp³-hybridized carbons (Fsp3) is 0.632. The molecule has 1 fully saturated rings. The number of sulfonamides is 1. The highest BCUT2D eigenvalue weighted by atomic mass is 32.2. The van der Waals surface area contributed by atoms with Gasteiger partial charge < -0.3 is 5.32 Å². The normalized spacial score (nSPS) is 16.1. The van der Waals surface area contributed by atoms with Crippen molar-refractivity contribution < 1.29 is 13.2 Å². The molecular weight excluding hydrogens is 336 g/mol. The summed E-state index contributed by atoms with van der Waals surface area (Å²) in [6.45, 7) is 4.92. The van der Waals surface area contributed by atoms with Crippen LogP contribution in [0.5, 0.6) is 0 Å². The van der Waals surface area contributed by atoms with Crippen molar-refractivity contribution in [2.75, 3.05) is 13.1 Å². The van der Waals surface area contributed by atoms with Gasteiger partial charge in [-0.3, -0.25) is 4.79 Å². The lowest BCUT2D eigenvalue weighted by Crippen LogP contribution is -2.36. The summed E-state index contributed by atoms with van der Waals surface area (Å²) in [4.78, 5) is 12.7. The van der Waals surface area contributed by atoms with Gasteiger partial charge in [-0.2, -0.15) is 4.31 Å². The number of amides is 1. The Kier molecular flexibility index (Phi) is 7.44. The van der Waals surface area contributed by atoms with Crippen LogP contribution in [-0.2, 0) is 10.0 Å². The second kappa shape index (κ2) is 9.34. The Morgan fingerprint density at radius 2 is 1.76 bits per heavy atom. The van der Waals surface area contributed by atoms with E-state index in [1.54, 1.807) is 18.2 Å². The molecule has 25 heavy (non-hydrogen) atoms. The molecule has 1 N–H and O–H groups in total. The van der Waals surface area contributed by atoms with Crippen molar-refractivity contribution in [2.24, 2.45) is 0 Å². The van der Waals surface area contributed by atoms with Gasteiger partial charge in [0.15, 0.2) is 0 Å². The van der Waals surface area contributed by atoms with Crippen LogP contribution in [0.25, 0.3) is 0 Å². The Hall–Kier alpha value is -1.40. The molecule has 1 aliphatic rings. The maximum absolute atomic E-state index is 12.9. The fourth-order valence-corrected chi connectivity index (χ4v) is 4.98. The molecule has 1 saturated carbocycles. The molecule has 0 spiro atoms. The molecule has 0 atom stereocenters. The van der Waals surface area contributed by atoms with Crippen LogP contribution in [0.2, 0.25) is 0 Å². The Morgan fingerprint density at radius 3 is 2.36 bits per heavy atom. The topological polar surface area (TPSA) is 66.5 Å². The maximum Gasteiger partial charge on any atom is 0.251 e. The molecular formula is C19H30N2O3S. The zero-order valence-electron chi connectivity index (χ0n) is 15.3. The standard InChI is InChI=1S/C19H30N2O3S/c1-3-13-21(14-4-2)25(23,24)18-12-8-9-16(15-18)19(22)20-17-10-6-5-7-11-17/h8-9,12,15,17H,3-7,10-11,13-14H2,1-2H3,(H,20,22). The van der Waals surface area contributed by atoms with Crippen molar-refractivity contribution in [1.82, 2.24) is 9.62 Å². The van der Waals surface area contributed by atoms with E-state index in [0.29, 0.717) is 18.7 Å². The SMILES string of the molecule is CCCN(CCC)S(=O)(=O)c1cccc(C(=O)NC2CCCCC2)c1. The van der Waals surface area contributed by atoms with Gasteiger partial charge in [-0.15, -0.1) is 0 Å². The van der Waals surface area contributed by atoms with Crippen LogP contribution in [0.15, 0.2) is 29.2 Å². The van der Waals surface area contributed by atoms with Gasteiger partial charge in [-0.05, 0) is 43.9 Å². The number of carbonyl (C=O) groups excluding carboxylic acids is 1. The van der Waals surface area contributed by atoms with Gasteiger partial charge in [-0.25, -0.2) is 8.42 Å². The van der Waals surface area contributed by atoms with Crippen LogP contribution in [0, 0.1) is 0 Å². The lowest BCUT2D eigenvalue weighted by Gasteiger charge is -2.23. The molecule has 0 saturated heterocycles. The van der Waals surface area contributed by atoms with E-state index in [4.69, 9.17) is 0 Å². The Labute approximate surface area is 151 Å². The first-order valence-electron chi connectivity index (χ1n) is 9.40. The molecule has 1 amide bonds. The molecule has 0 bridgehead atoms. The Bertz CT molecular complexity index is 661. The van der Waals surface area contributed by atoms with Gasteiger partial charge in [0.1, 0.15) is 0 Å². The van der Waals surface area contributed by atoms with Crippen molar-refractivity contribution in [3.63, 3.8) is 0 Å². The maximum atomic E-state index is 12.9. The van der Waals surface area contributed by atoms with Gasteiger partial charge in [0, 0.05) is 24.7 Å². The van der Waals surface area contributed by atoms with Crippen LogP contribution in [-0.4, -0.2) is 37.8 Å². The van der Waals surface area contributed by atoms with Crippen LogP contribution < -0.4 is 5.32 Å². The van der Waals surface area contributed by atoms with Crippen molar-refractivity contribution in [3.8, 4) is 0 Å². The van der Waals surface area contributed by atoms with Gasteiger partial charge in [0.05, 0.1) is 4.90 Å². The summed E-state index contributed by atoms with van der Waals surface area (Å²) in [5, 5.41) is 3.05. The Morgan fingerprint density at radius 1 is 1.12 bits per heavy atom. The summed E-state index contributed by atoms with van der Waals surface area (Å²) >= 11 is 0. The first-order valence-corrected chi connectivity index (χ1v) is 10.8. The van der Waals surface area contributed by atoms with E-state index in [9.17, 15) is 13.2 Å². The highest BCUT2D eigenvalue weighted by molar-refractivity contribution is 7.89. The molecule has 1 aromatic carbocycles. The molecule has 0 unspecified atom stereocenters. The van der Waals surface area contributed by atoms with E-state index in [-0.39, 0.29) is 16.8 Å². The monoisotopic (exact) mass is 366 g/mol. The third-order valence-electron chi connectivity index (χ3n) is 4.62. The molecule has 2 rings (SSSR count). The second-order valence-electron chi connectivity index (χ2n) is 6.74. The fourth-order valence-electron chi connectivity index (χ4n) is 3.31. The van der Waals surface area contributed by atoms with Crippen molar-refractivity contribution in [2.45, 2.75) is 69.7 Å². The number of nitrogens with one attached hydrogen (secondary N) is 1. The predicted molar refractivity (Wildman–Crippen MR) is 100 cm³/mol. The Balaban J connectivity index is 2.17. The van der Waals surface area contributed by atoms with E-state index in [2.05, 4.69) is 5.32 Å². The minimum Gasteiger partial charge on any atom is -0.349 e. The molecule has 0 radical (unpaired) electrons. The van der Waals surface area contributed by atoms with Gasteiger partial charge in [-0.1, -0.05) is 39.2 Å². The molecule has 1 aromatic rings. The van der Waals surface area contributed by atoms with E-state index >= 15 is 0 Å². The molecule has 0 heterocycles. The number of hydrogen-bond donors (Lipinski definition) is 1. The third-order valence-corrected chi connectivity index (χ3v) is 6.52. The zero-order valence-corrected chi connectivity index (χ0v) is 16.1. The van der Waals surface area contributed by atoms with E-state index < -0.39 is 10.0 Å². The molecule has 140 valence electrons. The average Bonchev–Trinajstić information content (AvgIpc) is 2.62. The summed E-state index contributed by atoms with van der Waals surface area (Å²) in [6, 6.07) is 6.62. The molecule has 5 nitrogen and oxygen atoms in total. The minimum absolute atomic E-state index is 0.179. The summed E-state index contributed by atoms with van der Waals surface area (Å²) in [5.74, 6) is -0.179. The smallest absolute Gasteiger partial charge is 0.251 e. The van der Waals surface area contributed by atoms with E-state index in [1.807, 2.05) is 13.8 Å². The van der Waals surface area contributed by atoms with E-state index in [1.165, 1.54) is 16.8 Å². The highest BCUT2D eigenvalue weighted by Crippen LogP contribution is 2.20. The van der Waals surface area contributed by atoms with E-state index in [0.717, 1.165) is 38.5 Å². The third kappa shape index (κ3) is 5.28. The first-order chi connectivity index (χ1) is 12.0. The number of nitrogens with zero attached hydrogens (tertiary/aromatic N) is 1. The number of benzene rings is 1. The number of hydrogen-bond acceptors (Lipinski definition) is 3. The summed E-state index contributed by atoms with van der Waals surface area (Å²) < 4.78 is 27.2. The minimum atomic E-state index is -3.56. The quantitative estimate of drug-likeness (QED) is 0.765. The average molecular weight is 367 g/mol. The van der Waals surface area contributed by atoms with Crippen LogP contribution in [0.4, 0.5) is 0 Å². The van der Waals surface area contributed by atoms with Crippen molar-refractivity contribution in [1.29, 1.82) is 0 Å². The molecule has 6 heteroatoms. The summed E-state index contributed by atoms with van der Waals surface area (Å²) in [6.07, 6.45) is 7.05. The van der Waals surface area contributed by atoms with Crippen LogP contribution >= 0.6 is 0 Å². The molecule has 1 aliphatic carbocycles. The number of rotatable bonds is 8. The first kappa shape index (κ1) is 19.9. The summed E-state index contributed by atoms with van der Waals surface area (Å²) in [7, 11) is -3.56. The lowest BCUT2D eigenvalue weighted by atomic mass is 9.95. The largest absolute Gasteiger partial charge is 0.349 e. The molecule has 0 aliphatic heterocycles. The van der Waals surface area contributed by atoms with Crippen LogP contribution in [0.1, 0.15) is 69.2 Å². The highest BCUT2D eigenvalue weighted by Gasteiger charge is 2.24. The van der Waals surface area contributed by atoms with Crippen molar-refractivity contribution >= 4 is 15.9 Å². The van der Waals surface area contributed by atoms with Gasteiger partial charge in [0.2, 0.25) is 10.0 Å². The van der Waals surface area contributed by atoms with Crippen LogP contribution in [0.3, 0.4) is 0 Å². The lowest BCUT2D eigenvalue weighted by molar-refractivity contribution is 0.0927. The zero-order chi connectivity index (χ0) is 18.3.